The van der Waals surface area contributed by atoms with Crippen LogP contribution in [0, 0.1) is 12.0 Å². The van der Waals surface area contributed by atoms with Crippen molar-refractivity contribution in [2.24, 2.45) is 5.73 Å². The SMILES string of the molecule is CCC(=N)N.CCOC(=O)c1cnc(CC)nc1N.Cl.[C-]#[N+]/C(=C/OCC)C(=O)OCC. The molecule has 11 nitrogen and oxygen atoms in total. The lowest BCUT2D eigenvalue weighted by Gasteiger charge is -2.04. The van der Waals surface area contributed by atoms with E-state index in [4.69, 9.17) is 32.9 Å². The molecule has 1 aromatic rings. The molecule has 0 spiro atoms. The molecule has 0 fully saturated rings. The first-order valence-corrected chi connectivity index (χ1v) is 9.69. The average molecular weight is 473 g/mol. The van der Waals surface area contributed by atoms with Crippen molar-refractivity contribution in [2.45, 2.75) is 47.5 Å². The molecule has 0 radical (unpaired) electrons. The quantitative estimate of drug-likeness (QED) is 0.128. The number of aromatic nitrogens is 2. The summed E-state index contributed by atoms with van der Waals surface area (Å²) >= 11 is 0. The number of carbonyl (C=O) groups excluding carboxylic acids is 2. The molecule has 0 saturated heterocycles. The molecule has 0 atom stereocenters. The molecule has 1 heterocycles. The van der Waals surface area contributed by atoms with Gasteiger partial charge in [0.05, 0.1) is 38.5 Å². The number of rotatable bonds is 8. The largest absolute Gasteiger partial charge is 0.512 e. The average Bonchev–Trinajstić information content (AvgIpc) is 2.75. The molecule has 0 unspecified atom stereocenters. The monoisotopic (exact) mass is 472 g/mol. The summed E-state index contributed by atoms with van der Waals surface area (Å²) in [7, 11) is 0. The number of nitrogens with zero attached hydrogens (tertiary/aromatic N) is 3. The van der Waals surface area contributed by atoms with Crippen LogP contribution in [0.3, 0.4) is 0 Å². The smallest absolute Gasteiger partial charge is 0.343 e. The summed E-state index contributed by atoms with van der Waals surface area (Å²) in [5.74, 6) is -0.0653. The molecule has 0 aromatic carbocycles. The second kappa shape index (κ2) is 20.9. The Labute approximate surface area is 195 Å². The van der Waals surface area contributed by atoms with E-state index in [1.54, 1.807) is 20.8 Å². The van der Waals surface area contributed by atoms with Crippen LogP contribution in [0.4, 0.5) is 5.82 Å². The van der Waals surface area contributed by atoms with Gasteiger partial charge in [-0.3, -0.25) is 10.2 Å². The number of anilines is 1. The van der Waals surface area contributed by atoms with E-state index >= 15 is 0 Å². The van der Waals surface area contributed by atoms with Gasteiger partial charge in [-0.1, -0.05) is 13.8 Å². The van der Waals surface area contributed by atoms with Crippen LogP contribution in [0.2, 0.25) is 0 Å². The molecule has 0 aliphatic heterocycles. The highest BCUT2D eigenvalue weighted by Crippen LogP contribution is 2.09. The van der Waals surface area contributed by atoms with E-state index in [-0.39, 0.29) is 41.9 Å². The first-order valence-electron chi connectivity index (χ1n) is 9.69. The highest BCUT2D eigenvalue weighted by molar-refractivity contribution is 5.93. The lowest BCUT2D eigenvalue weighted by Crippen LogP contribution is -2.11. The minimum Gasteiger partial charge on any atom is -0.512 e. The number of carbonyl (C=O) groups is 2. The molecule has 12 heteroatoms. The number of ether oxygens (including phenoxy) is 3. The summed E-state index contributed by atoms with van der Waals surface area (Å²) in [6.45, 7) is 16.6. The van der Waals surface area contributed by atoms with Gasteiger partial charge in [-0.2, -0.15) is 0 Å². The number of nitrogens with one attached hydrogen (secondary N) is 1. The predicted octanol–water partition coefficient (Wildman–Crippen LogP) is 2.90. The first-order chi connectivity index (χ1) is 14.7. The number of hydrogen-bond donors (Lipinski definition) is 3. The van der Waals surface area contributed by atoms with Gasteiger partial charge in [-0.25, -0.2) is 19.6 Å². The second-order valence-corrected chi connectivity index (χ2v) is 5.33. The van der Waals surface area contributed by atoms with Gasteiger partial charge >= 0.3 is 17.6 Å². The molecule has 5 N–H and O–H groups in total. The van der Waals surface area contributed by atoms with Crippen molar-refractivity contribution in [1.29, 1.82) is 5.41 Å². The Morgan fingerprint density at radius 3 is 2.09 bits per heavy atom. The van der Waals surface area contributed by atoms with Gasteiger partial charge in [0, 0.05) is 19.0 Å². The van der Waals surface area contributed by atoms with Gasteiger partial charge in [0.25, 0.3) is 0 Å². The zero-order chi connectivity index (χ0) is 24.2. The van der Waals surface area contributed by atoms with Crippen LogP contribution in [-0.4, -0.2) is 47.6 Å². The molecular weight excluding hydrogens is 440 g/mol. The van der Waals surface area contributed by atoms with Crippen LogP contribution in [0.15, 0.2) is 18.2 Å². The molecule has 0 saturated carbocycles. The fourth-order valence-electron chi connectivity index (χ4n) is 1.46. The van der Waals surface area contributed by atoms with Crippen LogP contribution in [0.5, 0.6) is 0 Å². The van der Waals surface area contributed by atoms with Gasteiger partial charge in [-0.05, 0) is 20.8 Å². The normalized spacial score (nSPS) is 9.31. The third-order valence-electron chi connectivity index (χ3n) is 3.03. The molecule has 1 aromatic heterocycles. The summed E-state index contributed by atoms with van der Waals surface area (Å²) in [5.41, 5.74) is 10.6. The third-order valence-corrected chi connectivity index (χ3v) is 3.03. The Morgan fingerprint density at radius 2 is 1.72 bits per heavy atom. The van der Waals surface area contributed by atoms with Crippen LogP contribution in [-0.2, 0) is 25.4 Å². The molecule has 0 aliphatic carbocycles. The molecule has 32 heavy (non-hydrogen) atoms. The van der Waals surface area contributed by atoms with Crippen molar-refractivity contribution in [3.05, 3.63) is 41.0 Å². The van der Waals surface area contributed by atoms with E-state index in [0.717, 1.165) is 6.26 Å². The number of esters is 2. The molecule has 180 valence electrons. The van der Waals surface area contributed by atoms with Gasteiger partial charge < -0.3 is 25.7 Å². The summed E-state index contributed by atoms with van der Waals surface area (Å²) in [4.78, 5) is 33.1. The number of aryl methyl sites for hydroxylation is 1. The maximum Gasteiger partial charge on any atom is 0.343 e. The number of hydrogen-bond acceptors (Lipinski definition) is 9. The van der Waals surface area contributed by atoms with Gasteiger partial charge in [0.15, 0.2) is 0 Å². The summed E-state index contributed by atoms with van der Waals surface area (Å²) in [6.07, 6.45) is 3.87. The standard InChI is InChI=1S/C9H13N3O2.C8H11NO3.C3H8N2.ClH/c1-3-7-11-5-6(8(10)12-7)9(13)14-4-2;1-4-11-6-7(9-3)8(10)12-5-2;1-2-3(4)5;/h5H,3-4H2,1-2H3,(H2,10,11,12);6H,4-5H2,1-2H3;2H2,1H3,(H3,4,5);1H/b;7-6+;;. The predicted molar refractivity (Wildman–Crippen MR) is 124 cm³/mol. The van der Waals surface area contributed by atoms with Crippen LogP contribution in [0.1, 0.15) is 57.2 Å². The minimum absolute atomic E-state index is 0. The zero-order valence-electron chi connectivity index (χ0n) is 19.1. The molecule has 0 bridgehead atoms. The fourth-order valence-corrected chi connectivity index (χ4v) is 1.46. The highest BCUT2D eigenvalue weighted by atomic mass is 35.5. The maximum absolute atomic E-state index is 11.3. The molecule has 0 amide bonds. The van der Waals surface area contributed by atoms with Crippen LogP contribution in [0.25, 0.3) is 4.85 Å². The lowest BCUT2D eigenvalue weighted by atomic mass is 10.3. The van der Waals surface area contributed by atoms with Gasteiger partial charge in [-0.15, -0.1) is 12.4 Å². The maximum atomic E-state index is 11.3. The van der Waals surface area contributed by atoms with E-state index in [2.05, 4.69) is 19.5 Å². The van der Waals surface area contributed by atoms with E-state index in [1.165, 1.54) is 6.20 Å². The Morgan fingerprint density at radius 1 is 1.16 bits per heavy atom. The van der Waals surface area contributed by atoms with Gasteiger partial charge in [0.2, 0.25) is 0 Å². The molecular formula is C20H33ClN6O5. The Bertz CT molecular complexity index is 780. The third kappa shape index (κ3) is 15.4. The zero-order valence-corrected chi connectivity index (χ0v) is 20.0. The number of nitrogens with two attached hydrogens (primary N) is 2. The van der Waals surface area contributed by atoms with Crippen molar-refractivity contribution in [1.82, 2.24) is 9.97 Å². The molecule has 0 aliphatic rings. The number of halogens is 1. The lowest BCUT2D eigenvalue weighted by molar-refractivity contribution is -0.138. The van der Waals surface area contributed by atoms with Crippen molar-refractivity contribution in [2.75, 3.05) is 25.6 Å². The van der Waals surface area contributed by atoms with Crippen molar-refractivity contribution >= 4 is 36.0 Å². The van der Waals surface area contributed by atoms with E-state index in [9.17, 15) is 9.59 Å². The fraction of sp³-hybridized carbons (Fsp3) is 0.500. The highest BCUT2D eigenvalue weighted by Gasteiger charge is 2.12. The Hall–Kier alpha value is -3.39. The van der Waals surface area contributed by atoms with E-state index in [1.807, 2.05) is 13.8 Å². The topological polar surface area (TPSA) is 168 Å². The summed E-state index contributed by atoms with van der Waals surface area (Å²) in [6, 6.07) is 0. The first kappa shape index (κ1) is 33.3. The minimum atomic E-state index is -0.638. The van der Waals surface area contributed by atoms with Crippen molar-refractivity contribution in [3.8, 4) is 0 Å². The Kier molecular flexibility index (Phi) is 21.7. The van der Waals surface area contributed by atoms with Crippen LogP contribution < -0.4 is 11.5 Å². The number of amidine groups is 1. The number of nitrogen functional groups attached to an aromatic ring is 1. The summed E-state index contributed by atoms with van der Waals surface area (Å²) in [5, 5.41) is 6.52. The second-order valence-electron chi connectivity index (χ2n) is 5.33. The van der Waals surface area contributed by atoms with Gasteiger partial charge in [0.1, 0.15) is 17.2 Å². The van der Waals surface area contributed by atoms with Crippen LogP contribution >= 0.6 is 12.4 Å². The van der Waals surface area contributed by atoms with Crippen molar-refractivity contribution < 1.29 is 23.8 Å². The molecule has 1 rings (SSSR count). The van der Waals surface area contributed by atoms with E-state index in [0.29, 0.717) is 31.9 Å². The van der Waals surface area contributed by atoms with Crippen molar-refractivity contribution in [3.63, 3.8) is 0 Å². The summed E-state index contributed by atoms with van der Waals surface area (Å²) < 4.78 is 14.2. The van der Waals surface area contributed by atoms with E-state index < -0.39 is 11.9 Å². The Balaban J connectivity index is -0.000000428.